The fourth-order valence-electron chi connectivity index (χ4n) is 1.21. The molecule has 0 bridgehead atoms. The second kappa shape index (κ2) is 6.23. The minimum atomic E-state index is -0.285. The lowest BCUT2D eigenvalue weighted by Crippen LogP contribution is -2.36. The molecule has 16 heavy (non-hydrogen) atoms. The Hall–Kier alpha value is -1.42. The van der Waals surface area contributed by atoms with Crippen LogP contribution in [0.4, 0.5) is 4.39 Å². The molecule has 1 aromatic carbocycles. The zero-order valence-corrected chi connectivity index (χ0v) is 9.59. The summed E-state index contributed by atoms with van der Waals surface area (Å²) in [7, 11) is 0. The number of halogens is 1. The minimum Gasteiger partial charge on any atom is -0.351 e. The van der Waals surface area contributed by atoms with Crippen LogP contribution in [0.25, 0.3) is 0 Å². The van der Waals surface area contributed by atoms with Gasteiger partial charge in [-0.25, -0.2) is 4.39 Å². The lowest BCUT2D eigenvalue weighted by molar-refractivity contribution is -0.120. The Morgan fingerprint density at radius 3 is 2.81 bits per heavy atom. The van der Waals surface area contributed by atoms with Gasteiger partial charge in [0.25, 0.3) is 0 Å². The first-order chi connectivity index (χ1) is 7.58. The number of nitrogens with one attached hydrogen (secondary N) is 2. The highest BCUT2D eigenvalue weighted by Gasteiger charge is 2.02. The molecule has 1 amide bonds. The van der Waals surface area contributed by atoms with Crippen molar-refractivity contribution < 1.29 is 9.18 Å². The van der Waals surface area contributed by atoms with Crippen molar-refractivity contribution in [2.24, 2.45) is 0 Å². The molecule has 0 saturated carbocycles. The molecule has 3 nitrogen and oxygen atoms in total. The van der Waals surface area contributed by atoms with Gasteiger partial charge in [0, 0.05) is 12.6 Å². The van der Waals surface area contributed by atoms with Gasteiger partial charge in [-0.2, -0.15) is 0 Å². The summed E-state index contributed by atoms with van der Waals surface area (Å²) in [5.74, 6) is -0.370. The highest BCUT2D eigenvalue weighted by molar-refractivity contribution is 5.77. The predicted octanol–water partition coefficient (Wildman–Crippen LogP) is 1.44. The minimum absolute atomic E-state index is 0.0852. The van der Waals surface area contributed by atoms with E-state index in [0.29, 0.717) is 6.54 Å². The summed E-state index contributed by atoms with van der Waals surface area (Å²) in [4.78, 5) is 11.3. The molecule has 2 N–H and O–H groups in total. The largest absolute Gasteiger partial charge is 0.351 e. The number of hydrogen-bond donors (Lipinski definition) is 2. The lowest BCUT2D eigenvalue weighted by atomic mass is 10.2. The third-order valence-electron chi connectivity index (χ3n) is 2.05. The zero-order chi connectivity index (χ0) is 12.0. The Balaban J connectivity index is 2.31. The molecule has 4 heteroatoms. The van der Waals surface area contributed by atoms with Crippen molar-refractivity contribution in [1.29, 1.82) is 0 Å². The number of carbonyl (C=O) groups is 1. The Morgan fingerprint density at radius 2 is 2.19 bits per heavy atom. The number of carbonyl (C=O) groups excluding carboxylic acids is 1. The molecule has 1 rings (SSSR count). The summed E-state index contributed by atoms with van der Waals surface area (Å²) in [6.07, 6.45) is 0. The smallest absolute Gasteiger partial charge is 0.234 e. The van der Waals surface area contributed by atoms with Gasteiger partial charge in [0.1, 0.15) is 5.82 Å². The van der Waals surface area contributed by atoms with Crippen LogP contribution in [0.1, 0.15) is 19.4 Å². The fourth-order valence-corrected chi connectivity index (χ4v) is 1.21. The molecule has 0 aliphatic rings. The molecule has 0 aromatic heterocycles. The molecular formula is C12H17FN2O. The number of benzene rings is 1. The number of amides is 1. The van der Waals surface area contributed by atoms with Crippen LogP contribution in [0.5, 0.6) is 0 Å². The third kappa shape index (κ3) is 4.89. The second-order valence-corrected chi connectivity index (χ2v) is 3.94. The van der Waals surface area contributed by atoms with Gasteiger partial charge in [-0.05, 0) is 17.7 Å². The average Bonchev–Trinajstić information content (AvgIpc) is 2.23. The van der Waals surface area contributed by atoms with E-state index in [-0.39, 0.29) is 24.3 Å². The number of rotatable bonds is 5. The Kier molecular flexibility index (Phi) is 4.92. The fraction of sp³-hybridized carbons (Fsp3) is 0.417. The van der Waals surface area contributed by atoms with Crippen molar-refractivity contribution in [2.75, 3.05) is 6.54 Å². The summed E-state index contributed by atoms with van der Waals surface area (Å²) in [6.45, 7) is 4.59. The van der Waals surface area contributed by atoms with Crippen LogP contribution in [0, 0.1) is 5.82 Å². The molecular weight excluding hydrogens is 207 g/mol. The number of hydrogen-bond acceptors (Lipinski definition) is 2. The van der Waals surface area contributed by atoms with E-state index in [9.17, 15) is 9.18 Å². The van der Waals surface area contributed by atoms with Crippen LogP contribution in [0.15, 0.2) is 24.3 Å². The van der Waals surface area contributed by atoms with Crippen molar-refractivity contribution >= 4 is 5.91 Å². The molecule has 0 aliphatic heterocycles. The molecule has 0 saturated heterocycles. The maximum atomic E-state index is 12.8. The van der Waals surface area contributed by atoms with Gasteiger partial charge in [-0.1, -0.05) is 26.0 Å². The Morgan fingerprint density at radius 1 is 1.44 bits per heavy atom. The van der Waals surface area contributed by atoms with Crippen molar-refractivity contribution in [1.82, 2.24) is 10.6 Å². The maximum Gasteiger partial charge on any atom is 0.234 e. The van der Waals surface area contributed by atoms with E-state index in [4.69, 9.17) is 0 Å². The van der Waals surface area contributed by atoms with Gasteiger partial charge in [-0.3, -0.25) is 4.79 Å². The summed E-state index contributed by atoms with van der Waals surface area (Å²) in [6, 6.07) is 6.48. The van der Waals surface area contributed by atoms with Gasteiger partial charge in [-0.15, -0.1) is 0 Å². The summed E-state index contributed by atoms with van der Waals surface area (Å²) >= 11 is 0. The summed E-state index contributed by atoms with van der Waals surface area (Å²) in [5, 5.41) is 5.72. The van der Waals surface area contributed by atoms with E-state index < -0.39 is 0 Å². The van der Waals surface area contributed by atoms with Crippen LogP contribution < -0.4 is 10.6 Å². The second-order valence-electron chi connectivity index (χ2n) is 3.94. The Bertz CT molecular complexity index is 353. The van der Waals surface area contributed by atoms with Crippen molar-refractivity contribution in [3.05, 3.63) is 35.6 Å². The van der Waals surface area contributed by atoms with Crippen molar-refractivity contribution in [3.8, 4) is 0 Å². The van der Waals surface area contributed by atoms with Gasteiger partial charge >= 0.3 is 0 Å². The Labute approximate surface area is 95.0 Å². The first-order valence-electron chi connectivity index (χ1n) is 5.32. The van der Waals surface area contributed by atoms with E-state index in [0.717, 1.165) is 5.56 Å². The maximum absolute atomic E-state index is 12.8. The molecule has 0 radical (unpaired) electrons. The van der Waals surface area contributed by atoms with E-state index in [2.05, 4.69) is 10.6 Å². The average molecular weight is 224 g/mol. The molecule has 0 heterocycles. The van der Waals surface area contributed by atoms with Crippen LogP contribution >= 0.6 is 0 Å². The van der Waals surface area contributed by atoms with Gasteiger partial charge in [0.05, 0.1) is 6.54 Å². The summed E-state index contributed by atoms with van der Waals surface area (Å²) in [5.41, 5.74) is 0.762. The molecule has 88 valence electrons. The first-order valence-corrected chi connectivity index (χ1v) is 5.32. The molecule has 0 fully saturated rings. The topological polar surface area (TPSA) is 41.1 Å². The SMILES string of the molecule is CC(C)NCC(=O)NCc1cccc(F)c1. The lowest BCUT2D eigenvalue weighted by Gasteiger charge is -2.08. The van der Waals surface area contributed by atoms with E-state index >= 15 is 0 Å². The standard InChI is InChI=1S/C12H17FN2O/c1-9(2)14-8-12(16)15-7-10-4-3-5-11(13)6-10/h3-6,9,14H,7-8H2,1-2H3,(H,15,16). The zero-order valence-electron chi connectivity index (χ0n) is 9.59. The van der Waals surface area contributed by atoms with Crippen LogP contribution in [0.2, 0.25) is 0 Å². The summed E-state index contributed by atoms with van der Waals surface area (Å²) < 4.78 is 12.8. The van der Waals surface area contributed by atoms with E-state index in [1.54, 1.807) is 12.1 Å². The van der Waals surface area contributed by atoms with Gasteiger partial charge < -0.3 is 10.6 Å². The van der Waals surface area contributed by atoms with Crippen molar-refractivity contribution in [2.45, 2.75) is 26.4 Å². The molecule has 0 spiro atoms. The van der Waals surface area contributed by atoms with Crippen LogP contribution in [-0.4, -0.2) is 18.5 Å². The highest BCUT2D eigenvalue weighted by Crippen LogP contribution is 2.02. The molecule has 0 unspecified atom stereocenters. The van der Waals surface area contributed by atoms with Gasteiger partial charge in [0.15, 0.2) is 0 Å². The molecule has 0 aliphatic carbocycles. The van der Waals surface area contributed by atoms with Crippen molar-refractivity contribution in [3.63, 3.8) is 0 Å². The van der Waals surface area contributed by atoms with E-state index in [1.807, 2.05) is 13.8 Å². The predicted molar refractivity (Wildman–Crippen MR) is 61.4 cm³/mol. The van der Waals surface area contributed by atoms with Gasteiger partial charge in [0.2, 0.25) is 5.91 Å². The molecule has 0 atom stereocenters. The monoisotopic (exact) mass is 224 g/mol. The van der Waals surface area contributed by atoms with E-state index in [1.165, 1.54) is 12.1 Å². The first kappa shape index (κ1) is 12.6. The van der Waals surface area contributed by atoms with Crippen LogP contribution in [-0.2, 0) is 11.3 Å². The molecule has 1 aromatic rings. The quantitative estimate of drug-likeness (QED) is 0.794. The third-order valence-corrected chi connectivity index (χ3v) is 2.05. The van der Waals surface area contributed by atoms with Crippen LogP contribution in [0.3, 0.4) is 0 Å². The normalized spacial score (nSPS) is 10.5. The highest BCUT2D eigenvalue weighted by atomic mass is 19.1.